The van der Waals surface area contributed by atoms with Crippen LogP contribution in [0.3, 0.4) is 0 Å². The third-order valence-corrected chi connectivity index (χ3v) is 9.76. The van der Waals surface area contributed by atoms with Crippen LogP contribution in [0.25, 0.3) is 5.52 Å². The molecule has 156 valence electrons. The molecular weight excluding hydrogens is 388 g/mol. The molecule has 2 aromatic heterocycles. The molecule has 0 amide bonds. The fraction of sp³-hybridized carbons (Fsp3) is 0.667. The summed E-state index contributed by atoms with van der Waals surface area (Å²) in [5, 5.41) is 4.18. The number of fused-ring (bicyclic) bond motifs is 1. The molecule has 0 bridgehead atoms. The summed E-state index contributed by atoms with van der Waals surface area (Å²) in [6, 6.07) is 6.08. The van der Waals surface area contributed by atoms with E-state index in [0.717, 1.165) is 31.6 Å². The Morgan fingerprint density at radius 2 is 1.83 bits per heavy atom. The molecule has 4 aliphatic rings. The first kappa shape index (κ1) is 18.3. The van der Waals surface area contributed by atoms with Gasteiger partial charge in [-0.15, -0.1) is 0 Å². The Bertz CT molecular complexity index is 1030. The SMILES string of the molecule is O=S(=O)(c1ccc2ccnn2c1)N1CCC2(CCC(N3CC4(COC4)C3)C2)CC1. The Morgan fingerprint density at radius 3 is 2.55 bits per heavy atom. The summed E-state index contributed by atoms with van der Waals surface area (Å²) >= 11 is 0. The van der Waals surface area contributed by atoms with E-state index >= 15 is 0 Å². The molecule has 0 radical (unpaired) electrons. The van der Waals surface area contributed by atoms with Gasteiger partial charge in [0.15, 0.2) is 0 Å². The van der Waals surface area contributed by atoms with Gasteiger partial charge < -0.3 is 4.74 Å². The summed E-state index contributed by atoms with van der Waals surface area (Å²) in [6.07, 6.45) is 9.01. The molecule has 2 aromatic rings. The van der Waals surface area contributed by atoms with Crippen LogP contribution in [0.2, 0.25) is 0 Å². The van der Waals surface area contributed by atoms with Crippen LogP contribution >= 0.6 is 0 Å². The molecule has 8 heteroatoms. The number of likely N-dealkylation sites (tertiary alicyclic amines) is 1. The van der Waals surface area contributed by atoms with Gasteiger partial charge in [-0.3, -0.25) is 4.90 Å². The molecule has 0 aromatic carbocycles. The molecule has 1 unspecified atom stereocenters. The summed E-state index contributed by atoms with van der Waals surface area (Å²) in [6.45, 7) is 5.54. The van der Waals surface area contributed by atoms with Gasteiger partial charge in [-0.25, -0.2) is 12.9 Å². The predicted octanol–water partition coefficient (Wildman–Crippen LogP) is 1.99. The van der Waals surface area contributed by atoms with Crippen molar-refractivity contribution in [2.45, 2.75) is 43.0 Å². The average molecular weight is 417 g/mol. The van der Waals surface area contributed by atoms with Gasteiger partial charge in [0.2, 0.25) is 10.0 Å². The number of ether oxygens (including phenoxy) is 1. The minimum absolute atomic E-state index is 0.335. The number of aromatic nitrogens is 2. The number of hydrogen-bond acceptors (Lipinski definition) is 5. The van der Waals surface area contributed by atoms with Crippen molar-refractivity contribution < 1.29 is 13.2 Å². The van der Waals surface area contributed by atoms with E-state index < -0.39 is 10.0 Å². The van der Waals surface area contributed by atoms with Crippen LogP contribution in [0, 0.1) is 10.8 Å². The van der Waals surface area contributed by atoms with Crippen LogP contribution in [0.1, 0.15) is 32.1 Å². The van der Waals surface area contributed by atoms with Crippen molar-refractivity contribution in [2.24, 2.45) is 10.8 Å². The third-order valence-electron chi connectivity index (χ3n) is 7.88. The maximum atomic E-state index is 13.2. The highest BCUT2D eigenvalue weighted by Crippen LogP contribution is 2.51. The van der Waals surface area contributed by atoms with E-state index in [4.69, 9.17) is 4.74 Å². The van der Waals surface area contributed by atoms with Crippen LogP contribution in [-0.4, -0.2) is 72.7 Å². The standard InChI is InChI=1S/C21H28N4O3S/c26-29(27,19-2-1-17-4-8-22-25(17)12-19)24-9-6-20(7-10-24)5-3-18(11-20)23-13-21(14-23)15-28-16-21/h1-2,4,8,12,18H,3,5-7,9-11,13-16H2. The maximum absolute atomic E-state index is 13.2. The summed E-state index contributed by atoms with van der Waals surface area (Å²) in [7, 11) is -3.46. The van der Waals surface area contributed by atoms with Crippen LogP contribution in [0.15, 0.2) is 35.5 Å². The van der Waals surface area contributed by atoms with Crippen molar-refractivity contribution in [3.8, 4) is 0 Å². The second-order valence-electron chi connectivity index (χ2n) is 9.76. The predicted molar refractivity (Wildman–Crippen MR) is 108 cm³/mol. The maximum Gasteiger partial charge on any atom is 0.244 e. The Morgan fingerprint density at radius 1 is 1.03 bits per heavy atom. The zero-order valence-corrected chi connectivity index (χ0v) is 17.5. The molecule has 3 saturated heterocycles. The first-order chi connectivity index (χ1) is 14.0. The van der Waals surface area contributed by atoms with Crippen LogP contribution in [0.4, 0.5) is 0 Å². The van der Waals surface area contributed by atoms with Gasteiger partial charge in [0.25, 0.3) is 0 Å². The van der Waals surface area contributed by atoms with Gasteiger partial charge >= 0.3 is 0 Å². The van der Waals surface area contributed by atoms with E-state index in [1.165, 1.54) is 32.4 Å². The zero-order chi connectivity index (χ0) is 19.7. The van der Waals surface area contributed by atoms with Gasteiger partial charge in [-0.2, -0.15) is 9.40 Å². The number of sulfonamides is 1. The summed E-state index contributed by atoms with van der Waals surface area (Å²) in [5.41, 5.74) is 1.71. The van der Waals surface area contributed by atoms with E-state index in [1.54, 1.807) is 27.3 Å². The van der Waals surface area contributed by atoms with Gasteiger partial charge in [0.05, 0.1) is 18.7 Å². The lowest BCUT2D eigenvalue weighted by Crippen LogP contribution is -2.67. The Kier molecular flexibility index (Phi) is 3.95. The summed E-state index contributed by atoms with van der Waals surface area (Å²) in [5.74, 6) is 0. The molecule has 1 saturated carbocycles. The number of nitrogens with zero attached hydrogens (tertiary/aromatic N) is 4. The summed E-state index contributed by atoms with van der Waals surface area (Å²) in [4.78, 5) is 2.99. The second-order valence-corrected chi connectivity index (χ2v) is 11.7. The average Bonchev–Trinajstić information content (AvgIpc) is 3.27. The quantitative estimate of drug-likeness (QED) is 0.766. The molecule has 1 atom stereocenters. The highest BCUT2D eigenvalue weighted by molar-refractivity contribution is 7.89. The van der Waals surface area contributed by atoms with Crippen LogP contribution < -0.4 is 0 Å². The smallest absolute Gasteiger partial charge is 0.244 e. The number of piperidine rings is 1. The fourth-order valence-electron chi connectivity index (χ4n) is 5.99. The molecule has 7 nitrogen and oxygen atoms in total. The highest BCUT2D eigenvalue weighted by atomic mass is 32.2. The van der Waals surface area contributed by atoms with E-state index in [9.17, 15) is 8.42 Å². The lowest BCUT2D eigenvalue weighted by atomic mass is 9.75. The van der Waals surface area contributed by atoms with E-state index in [0.29, 0.717) is 34.9 Å². The van der Waals surface area contributed by atoms with Crippen molar-refractivity contribution in [1.82, 2.24) is 18.8 Å². The number of pyridine rings is 1. The monoisotopic (exact) mass is 416 g/mol. The highest BCUT2D eigenvalue weighted by Gasteiger charge is 2.53. The minimum Gasteiger partial charge on any atom is -0.380 e. The van der Waals surface area contributed by atoms with Gasteiger partial charge in [-0.05, 0) is 55.7 Å². The van der Waals surface area contributed by atoms with Crippen molar-refractivity contribution in [3.63, 3.8) is 0 Å². The molecular formula is C21H28N4O3S. The van der Waals surface area contributed by atoms with Gasteiger partial charge in [-0.1, -0.05) is 0 Å². The van der Waals surface area contributed by atoms with Gasteiger partial charge in [0.1, 0.15) is 4.90 Å². The number of rotatable bonds is 3. The number of hydrogen-bond donors (Lipinski definition) is 0. The fourth-order valence-corrected chi connectivity index (χ4v) is 7.42. The van der Waals surface area contributed by atoms with E-state index in [1.807, 2.05) is 12.1 Å². The Hall–Kier alpha value is -1.48. The molecule has 6 rings (SSSR count). The van der Waals surface area contributed by atoms with Crippen molar-refractivity contribution >= 4 is 15.5 Å². The summed E-state index contributed by atoms with van der Waals surface area (Å²) < 4.78 is 35.0. The first-order valence-electron chi connectivity index (χ1n) is 10.7. The van der Waals surface area contributed by atoms with Gasteiger partial charge in [0, 0.05) is 50.0 Å². The minimum atomic E-state index is -3.46. The Labute approximate surface area is 171 Å². The second kappa shape index (κ2) is 6.26. The molecule has 5 heterocycles. The zero-order valence-electron chi connectivity index (χ0n) is 16.7. The molecule has 4 fully saturated rings. The lowest BCUT2D eigenvalue weighted by Gasteiger charge is -2.57. The van der Waals surface area contributed by atoms with Crippen molar-refractivity contribution in [3.05, 3.63) is 30.6 Å². The largest absolute Gasteiger partial charge is 0.380 e. The normalized spacial score (nSPS) is 29.3. The topological polar surface area (TPSA) is 67.2 Å². The van der Waals surface area contributed by atoms with Crippen LogP contribution in [0.5, 0.6) is 0 Å². The van der Waals surface area contributed by atoms with E-state index in [-0.39, 0.29) is 0 Å². The molecule has 1 aliphatic carbocycles. The van der Waals surface area contributed by atoms with E-state index in [2.05, 4.69) is 10.00 Å². The van der Waals surface area contributed by atoms with Crippen molar-refractivity contribution in [2.75, 3.05) is 39.4 Å². The molecule has 2 spiro atoms. The van der Waals surface area contributed by atoms with Crippen molar-refractivity contribution in [1.29, 1.82) is 0 Å². The molecule has 3 aliphatic heterocycles. The third kappa shape index (κ3) is 2.87. The lowest BCUT2D eigenvalue weighted by molar-refractivity contribution is -0.198. The first-order valence-corrected chi connectivity index (χ1v) is 12.2. The molecule has 0 N–H and O–H groups in total. The Balaban J connectivity index is 1.11. The molecule has 29 heavy (non-hydrogen) atoms. The van der Waals surface area contributed by atoms with Crippen LogP contribution in [-0.2, 0) is 14.8 Å².